The predicted molar refractivity (Wildman–Crippen MR) is 105 cm³/mol. The van der Waals surface area contributed by atoms with E-state index in [2.05, 4.69) is 15.0 Å². The zero-order chi connectivity index (χ0) is 19.8. The number of sulfonamides is 1. The van der Waals surface area contributed by atoms with Crippen molar-refractivity contribution >= 4 is 61.0 Å². The fraction of sp³-hybridized carbons (Fsp3) is 0.312. The second-order valence-electron chi connectivity index (χ2n) is 6.37. The summed E-state index contributed by atoms with van der Waals surface area (Å²) in [6, 6.07) is 4.28. The van der Waals surface area contributed by atoms with Crippen LogP contribution in [-0.2, 0) is 14.8 Å². The number of anilines is 1. The third-order valence-electron chi connectivity index (χ3n) is 4.54. The number of rotatable bonds is 5. The molecule has 27 heavy (non-hydrogen) atoms. The van der Waals surface area contributed by atoms with Gasteiger partial charge in [0.15, 0.2) is 5.96 Å². The summed E-state index contributed by atoms with van der Waals surface area (Å²) >= 11 is 11.8. The maximum Gasteiger partial charge on any atom is 0.242 e. The molecule has 0 radical (unpaired) electrons. The van der Waals surface area contributed by atoms with Crippen LogP contribution in [0.3, 0.4) is 0 Å². The van der Waals surface area contributed by atoms with Gasteiger partial charge >= 0.3 is 0 Å². The first-order valence-corrected chi connectivity index (χ1v) is 10.3. The van der Waals surface area contributed by atoms with E-state index in [1.54, 1.807) is 0 Å². The molecule has 1 aliphatic carbocycles. The first-order valence-electron chi connectivity index (χ1n) is 8.08. The zero-order valence-electron chi connectivity index (χ0n) is 14.1. The van der Waals surface area contributed by atoms with Gasteiger partial charge in [-0.1, -0.05) is 30.5 Å². The molecule has 1 aromatic carbocycles. The minimum atomic E-state index is -4.04. The number of nitrogens with two attached hydrogens (primary N) is 1. The van der Waals surface area contributed by atoms with Crippen molar-refractivity contribution in [3.8, 4) is 0 Å². The molecule has 3 rings (SSSR count). The Morgan fingerprint density at radius 2 is 1.93 bits per heavy atom. The fourth-order valence-corrected chi connectivity index (χ4v) is 5.17. The van der Waals surface area contributed by atoms with Crippen molar-refractivity contribution in [2.45, 2.75) is 36.1 Å². The number of benzene rings is 1. The van der Waals surface area contributed by atoms with E-state index in [4.69, 9.17) is 34.3 Å². The molecule has 1 aromatic heterocycles. The Morgan fingerprint density at radius 3 is 2.52 bits per heavy atom. The molecule has 2 aromatic rings. The molecule has 0 spiro atoms. The van der Waals surface area contributed by atoms with Crippen LogP contribution in [0, 0.1) is 5.41 Å². The molecule has 0 aliphatic heterocycles. The molecule has 8 nitrogen and oxygen atoms in total. The van der Waals surface area contributed by atoms with Crippen LogP contribution in [0.4, 0.5) is 5.82 Å². The number of carbonyl (C=O) groups is 1. The summed E-state index contributed by atoms with van der Waals surface area (Å²) in [4.78, 5) is 15.9. The predicted octanol–water partition coefficient (Wildman–Crippen LogP) is 2.55. The second kappa shape index (κ2) is 7.23. The van der Waals surface area contributed by atoms with Gasteiger partial charge in [0, 0.05) is 17.0 Å². The Morgan fingerprint density at radius 1 is 1.26 bits per heavy atom. The smallest absolute Gasteiger partial charge is 0.242 e. The van der Waals surface area contributed by atoms with Gasteiger partial charge < -0.3 is 11.1 Å². The Bertz CT molecular complexity index is 1040. The van der Waals surface area contributed by atoms with Gasteiger partial charge in [-0.15, -0.1) is 0 Å². The fourth-order valence-electron chi connectivity index (χ4n) is 3.22. The van der Waals surface area contributed by atoms with E-state index in [1.807, 2.05) is 0 Å². The molecule has 1 fully saturated rings. The summed E-state index contributed by atoms with van der Waals surface area (Å²) in [5, 5.41) is 10.4. The van der Waals surface area contributed by atoms with Crippen LogP contribution in [0.5, 0.6) is 0 Å². The number of fused-ring (bicyclic) bond motifs is 1. The zero-order valence-corrected chi connectivity index (χ0v) is 16.4. The molecule has 1 saturated carbocycles. The van der Waals surface area contributed by atoms with Crippen molar-refractivity contribution in [1.82, 2.24) is 9.71 Å². The molecular weight excluding hydrogens is 413 g/mol. The van der Waals surface area contributed by atoms with Crippen molar-refractivity contribution in [1.29, 1.82) is 5.41 Å². The number of nitrogens with one attached hydrogen (secondary N) is 3. The van der Waals surface area contributed by atoms with E-state index in [0.717, 1.165) is 0 Å². The maximum atomic E-state index is 12.9. The van der Waals surface area contributed by atoms with E-state index in [1.165, 1.54) is 24.4 Å². The van der Waals surface area contributed by atoms with Gasteiger partial charge in [-0.2, -0.15) is 4.72 Å². The highest BCUT2D eigenvalue weighted by Gasteiger charge is 2.43. The standard InChI is InChI=1S/C16H17Cl2N5O3S/c17-12-8-21-13(22-15(19)20)11-7-9(3-4-10(11)12)27(25,26)23-16(14(18)24)5-1-2-6-16/h3-4,7-8,23H,1-2,5-6H2,(H4,19,20,21,22). The Balaban J connectivity index is 2.08. The number of hydrogen-bond donors (Lipinski definition) is 4. The van der Waals surface area contributed by atoms with E-state index >= 15 is 0 Å². The molecular formula is C16H17Cl2N5O3S. The topological polar surface area (TPSA) is 138 Å². The molecule has 0 saturated heterocycles. The highest BCUT2D eigenvalue weighted by Crippen LogP contribution is 2.34. The van der Waals surface area contributed by atoms with Crippen LogP contribution in [0.2, 0.25) is 5.02 Å². The van der Waals surface area contributed by atoms with Gasteiger partial charge in [-0.05, 0) is 36.6 Å². The third kappa shape index (κ3) is 3.86. The van der Waals surface area contributed by atoms with Crippen LogP contribution < -0.4 is 15.8 Å². The lowest BCUT2D eigenvalue weighted by molar-refractivity contribution is -0.116. The van der Waals surface area contributed by atoms with Crippen LogP contribution in [0.15, 0.2) is 29.3 Å². The lowest BCUT2D eigenvalue weighted by Crippen LogP contribution is -2.50. The summed E-state index contributed by atoms with van der Waals surface area (Å²) in [6.45, 7) is 0. The number of guanidine groups is 1. The highest BCUT2D eigenvalue weighted by molar-refractivity contribution is 7.89. The normalized spacial score (nSPS) is 16.4. The molecule has 1 aliphatic rings. The average molecular weight is 430 g/mol. The largest absolute Gasteiger partial charge is 0.370 e. The van der Waals surface area contributed by atoms with E-state index in [-0.39, 0.29) is 16.7 Å². The van der Waals surface area contributed by atoms with Crippen LogP contribution >= 0.6 is 23.2 Å². The number of carbonyl (C=O) groups excluding carboxylic acids is 1. The van der Waals surface area contributed by atoms with Crippen LogP contribution in [0.25, 0.3) is 10.8 Å². The first-order chi connectivity index (χ1) is 12.6. The SMILES string of the molecule is N=C(N)Nc1ncc(Cl)c2ccc(S(=O)(=O)NC3(C(=O)Cl)CCCC3)cc12. The number of pyridine rings is 1. The summed E-state index contributed by atoms with van der Waals surface area (Å²) < 4.78 is 28.3. The van der Waals surface area contributed by atoms with Gasteiger partial charge in [0.25, 0.3) is 0 Å². The molecule has 11 heteroatoms. The highest BCUT2D eigenvalue weighted by atomic mass is 35.5. The average Bonchev–Trinajstić information content (AvgIpc) is 3.06. The molecule has 0 unspecified atom stereocenters. The van der Waals surface area contributed by atoms with Crippen molar-refractivity contribution < 1.29 is 13.2 Å². The van der Waals surface area contributed by atoms with Crippen molar-refractivity contribution in [3.63, 3.8) is 0 Å². The molecule has 0 atom stereocenters. The van der Waals surface area contributed by atoms with Gasteiger partial charge in [0.2, 0.25) is 15.3 Å². The lowest BCUT2D eigenvalue weighted by atomic mass is 10.0. The summed E-state index contributed by atoms with van der Waals surface area (Å²) in [5.74, 6) is -0.155. The molecule has 5 N–H and O–H groups in total. The number of aromatic nitrogens is 1. The number of nitrogens with zero attached hydrogens (tertiary/aromatic N) is 1. The molecule has 0 amide bonds. The monoisotopic (exact) mass is 429 g/mol. The lowest BCUT2D eigenvalue weighted by Gasteiger charge is -2.25. The van der Waals surface area contributed by atoms with Crippen molar-refractivity contribution in [2.24, 2.45) is 5.73 Å². The Hall–Kier alpha value is -1.94. The summed E-state index contributed by atoms with van der Waals surface area (Å²) in [5.41, 5.74) is 4.06. The number of hydrogen-bond acceptors (Lipinski definition) is 5. The maximum absolute atomic E-state index is 12.9. The number of halogens is 2. The molecule has 144 valence electrons. The van der Waals surface area contributed by atoms with E-state index in [9.17, 15) is 13.2 Å². The van der Waals surface area contributed by atoms with Crippen LogP contribution in [0.1, 0.15) is 25.7 Å². The summed E-state index contributed by atoms with van der Waals surface area (Å²) in [7, 11) is -4.04. The Kier molecular flexibility index (Phi) is 5.31. The third-order valence-corrected chi connectivity index (χ3v) is 6.73. The minimum Gasteiger partial charge on any atom is -0.370 e. The van der Waals surface area contributed by atoms with Crippen molar-refractivity contribution in [3.05, 3.63) is 29.4 Å². The van der Waals surface area contributed by atoms with Gasteiger partial charge in [-0.25, -0.2) is 13.4 Å². The quantitative estimate of drug-likeness (QED) is 0.327. The minimum absolute atomic E-state index is 0.0742. The van der Waals surface area contributed by atoms with E-state index < -0.39 is 20.8 Å². The van der Waals surface area contributed by atoms with E-state index in [0.29, 0.717) is 41.5 Å². The van der Waals surface area contributed by atoms with Gasteiger partial charge in [-0.3, -0.25) is 10.2 Å². The Labute approximate surface area is 166 Å². The van der Waals surface area contributed by atoms with Crippen molar-refractivity contribution in [2.75, 3.05) is 5.32 Å². The second-order valence-corrected chi connectivity index (χ2v) is 8.80. The molecule has 0 bridgehead atoms. The summed E-state index contributed by atoms with van der Waals surface area (Å²) in [6.07, 6.45) is 3.51. The molecule has 1 heterocycles. The first kappa shape index (κ1) is 19.8. The van der Waals surface area contributed by atoms with Gasteiger partial charge in [0.1, 0.15) is 11.4 Å². The van der Waals surface area contributed by atoms with Gasteiger partial charge in [0.05, 0.1) is 9.92 Å². The van der Waals surface area contributed by atoms with Crippen LogP contribution in [-0.4, -0.2) is 30.1 Å².